The normalized spacial score (nSPS) is 30.5. The van der Waals surface area contributed by atoms with Gasteiger partial charge in [-0.15, -0.1) is 5.10 Å². The van der Waals surface area contributed by atoms with Gasteiger partial charge in [0.25, 0.3) is 11.7 Å². The van der Waals surface area contributed by atoms with Gasteiger partial charge in [-0.05, 0) is 148 Å². The first kappa shape index (κ1) is 78.0. The van der Waals surface area contributed by atoms with Crippen molar-refractivity contribution in [3.05, 3.63) is 95.6 Å². The van der Waals surface area contributed by atoms with E-state index in [2.05, 4.69) is 25.3 Å². The molecule has 9 rings (SSSR count). The molecule has 0 unspecified atom stereocenters. The number of carbonyl (C=O) groups excluding carboxylic acids is 5. The number of amides is 1. The fourth-order valence-electron chi connectivity index (χ4n) is 14.4. The standard InChI is InChI=1S/C73H100IN9O16S/c1-43-19-13-12-14-20-44(2)62(93-11)39-72(90)27-26-49(7)73(91,99-72)68(87)70(88)82-29-16-15-21-56(82)71(89)97-60(38-57(84)45(3)34-48(6)66(86)67(98-74-100)65(85)47(5)33-43)46(4)35-52-22-24-59(61(36-52)92-10)95-32-31-94-41-54-40-81(80-78-54)28-17-18-30-83-69-63(50(8)75-42-76-69)64(79-83)53-23-25-58-55(37-53)77-51(9)96-58/h12-14,19-20,23,25,34,37,40,42-43,45-47,49,52,56,59-62,66-67,86,90-91H,15-18,21-22,24,26-33,35-36,38-39,41H2,1-11H3/b14-12?,19-13+,44-20?,48-34+/t43-,45-,46-,47-,49-,52+,56+,59-,60+,61-,62+,66-,67+,72+,73-/m1/s1. The average molecular weight is 1520 g/mol. The molecule has 4 aliphatic rings. The van der Waals surface area contributed by atoms with Crippen LogP contribution in [0.15, 0.2) is 82.7 Å². The second-order valence-electron chi connectivity index (χ2n) is 28.0. The number of oxazole rings is 1. The lowest BCUT2D eigenvalue weighted by Crippen LogP contribution is -2.63. The van der Waals surface area contributed by atoms with Crippen molar-refractivity contribution >= 4 is 80.3 Å². The van der Waals surface area contributed by atoms with Gasteiger partial charge in [-0.25, -0.2) is 24.4 Å². The van der Waals surface area contributed by atoms with Crippen LogP contribution in [0.2, 0.25) is 0 Å². The number of hydrogen-bond acceptors (Lipinski definition) is 23. The summed E-state index contributed by atoms with van der Waals surface area (Å²) in [6, 6.07) is 4.62. The van der Waals surface area contributed by atoms with Crippen molar-refractivity contribution in [2.24, 2.45) is 35.5 Å². The zero-order chi connectivity index (χ0) is 72.0. The Labute approximate surface area is 599 Å². The topological polar surface area (TPSA) is 314 Å². The van der Waals surface area contributed by atoms with Crippen LogP contribution in [-0.2, 0) is 75.2 Å². The van der Waals surface area contributed by atoms with Crippen LogP contribution in [0.3, 0.4) is 0 Å². The number of unbranched alkanes of at least 4 members (excludes halogenated alkanes) is 1. The number of rotatable bonds is 19. The van der Waals surface area contributed by atoms with Crippen LogP contribution in [0, 0.1) is 49.4 Å². The first-order valence-electron chi connectivity index (χ1n) is 35.1. The summed E-state index contributed by atoms with van der Waals surface area (Å²) in [7, 11) is 8.38. The number of piperidine rings is 1. The summed E-state index contributed by atoms with van der Waals surface area (Å²) in [6.07, 6.45) is 14.9. The lowest BCUT2D eigenvalue weighted by molar-refractivity contribution is -0.360. The molecule has 5 aromatic rings. The Morgan fingerprint density at radius 1 is 0.890 bits per heavy atom. The van der Waals surface area contributed by atoms with Crippen LogP contribution < -0.4 is 0 Å². The lowest BCUT2D eigenvalue weighted by atomic mass is 9.78. The number of methoxy groups -OCH3 is 2. The number of aliphatic hydroxyl groups is 3. The maximum Gasteiger partial charge on any atom is 0.329 e. The number of hydrogen-bond donors (Lipinski definition) is 3. The van der Waals surface area contributed by atoms with Crippen LogP contribution in [0.5, 0.6) is 0 Å². The maximum atomic E-state index is 14.8. The Balaban J connectivity index is 0.823. The number of benzene rings is 1. The van der Waals surface area contributed by atoms with E-state index in [1.165, 1.54) is 7.11 Å². The molecule has 546 valence electrons. The van der Waals surface area contributed by atoms with E-state index in [0.29, 0.717) is 87.6 Å². The zero-order valence-corrected chi connectivity index (χ0v) is 62.4. The third-order valence-corrected chi connectivity index (χ3v) is 21.5. The van der Waals surface area contributed by atoms with Gasteiger partial charge >= 0.3 is 5.97 Å². The molecule has 2 saturated heterocycles. The molecule has 7 heterocycles. The summed E-state index contributed by atoms with van der Waals surface area (Å²) in [4.78, 5) is 87.2. The molecule has 25 nitrogen and oxygen atoms in total. The molecule has 27 heteroatoms. The molecular formula is C73H100IN9O16S. The highest BCUT2D eigenvalue weighted by molar-refractivity contribution is 14.2. The van der Waals surface area contributed by atoms with E-state index in [9.17, 15) is 39.3 Å². The number of aromatic nitrogens is 8. The summed E-state index contributed by atoms with van der Waals surface area (Å²) in [5.41, 5.74) is 6.55. The summed E-state index contributed by atoms with van der Waals surface area (Å²) in [5, 5.41) is 50.5. The van der Waals surface area contributed by atoms with Crippen LogP contribution >= 0.6 is 29.0 Å². The number of carbonyl (C=O) groups is 5. The molecule has 100 heavy (non-hydrogen) atoms. The van der Waals surface area contributed by atoms with E-state index < -0.39 is 103 Å². The summed E-state index contributed by atoms with van der Waals surface area (Å²) in [5.74, 6) is -10.8. The van der Waals surface area contributed by atoms with Crippen molar-refractivity contribution in [2.75, 3.05) is 34.0 Å². The van der Waals surface area contributed by atoms with E-state index in [1.54, 1.807) is 59.4 Å². The highest BCUT2D eigenvalue weighted by Gasteiger charge is 2.57. The molecule has 4 aromatic heterocycles. The molecule has 3 fully saturated rings. The fraction of sp³-hybridized carbons (Fsp3) is 0.630. The molecule has 1 saturated carbocycles. The minimum Gasteiger partial charge on any atom is -0.460 e. The summed E-state index contributed by atoms with van der Waals surface area (Å²) < 4.78 is 51.9. The predicted molar refractivity (Wildman–Crippen MR) is 382 cm³/mol. The monoisotopic (exact) mass is 1520 g/mol. The number of aryl methyl sites for hydroxylation is 4. The number of Topliss-reactive ketones (excluding diaryl/α,β-unsaturated/α-hetero) is 3. The average Bonchev–Trinajstić information content (AvgIpc) is 1.75. The number of halogens is 1. The maximum absolute atomic E-state index is 14.8. The van der Waals surface area contributed by atoms with E-state index in [4.69, 9.17) is 50.3 Å². The van der Waals surface area contributed by atoms with Gasteiger partial charge in [0.2, 0.25) is 5.79 Å². The molecule has 0 radical (unpaired) electrons. The quantitative estimate of drug-likeness (QED) is 0.0227. The SMILES string of the molecule is CO[C@H]1C[C@]2(O)CC[C@@H](C)[C@@](O)(O2)C(=O)C(=O)N2CCCC[C@H]2C(=O)O[C@H]([C@H](C)C[C@@H]2CC[C@@H](OCCOCc3cn(CCCCn4nc(-c5ccc6oc(C)nc6c5)c5c(C)ncnc54)nn3)[C@H](OC)C2)CC(=O)[C@H](C)/C=C(\C)[C@@H](O)[C@@H](OI=S)C(=O)[C@H](C)C[C@H](C)/C=C/C=CC=C1C. The van der Waals surface area contributed by atoms with Gasteiger partial charge in [-0.2, -0.15) is 5.10 Å². The minimum atomic E-state index is -2.75. The van der Waals surface area contributed by atoms with Gasteiger partial charge in [0.15, 0.2) is 34.8 Å². The number of allylic oxidation sites excluding steroid dienone is 6. The van der Waals surface area contributed by atoms with E-state index in [0.717, 1.165) is 63.2 Å². The Morgan fingerprint density at radius 2 is 1.68 bits per heavy atom. The smallest absolute Gasteiger partial charge is 0.329 e. The lowest BCUT2D eigenvalue weighted by Gasteiger charge is -2.46. The second kappa shape index (κ2) is 35.9. The van der Waals surface area contributed by atoms with E-state index in [1.807, 2.05) is 86.6 Å². The van der Waals surface area contributed by atoms with Crippen LogP contribution in [0.25, 0.3) is 33.4 Å². The molecule has 3 aliphatic heterocycles. The number of aliphatic hydroxyl groups excluding tert-OH is 1. The highest BCUT2D eigenvalue weighted by atomic mass is 127. The summed E-state index contributed by atoms with van der Waals surface area (Å²) >= 11 is -1.31. The van der Waals surface area contributed by atoms with E-state index in [-0.39, 0.29) is 80.9 Å². The number of ether oxygens (including phenoxy) is 6. The van der Waals surface area contributed by atoms with Gasteiger partial charge in [-0.1, -0.05) is 76.3 Å². The Morgan fingerprint density at radius 3 is 2.45 bits per heavy atom. The number of esters is 1. The van der Waals surface area contributed by atoms with Gasteiger partial charge in [0.1, 0.15) is 66.9 Å². The minimum absolute atomic E-state index is 0.00441. The second-order valence-corrected chi connectivity index (χ2v) is 29.7. The first-order chi connectivity index (χ1) is 47.8. The molecule has 15 atom stereocenters. The molecule has 1 aromatic carbocycles. The highest BCUT2D eigenvalue weighted by Crippen LogP contribution is 2.42. The Hall–Kier alpha value is -6.12. The molecule has 2 bridgehead atoms. The first-order valence-corrected chi connectivity index (χ1v) is 38.9. The number of cyclic esters (lactones) is 1. The van der Waals surface area contributed by atoms with Crippen LogP contribution in [0.1, 0.15) is 156 Å². The third-order valence-electron chi connectivity index (χ3n) is 20.3. The van der Waals surface area contributed by atoms with Crippen molar-refractivity contribution in [3.63, 3.8) is 0 Å². The van der Waals surface area contributed by atoms with E-state index >= 15 is 0 Å². The van der Waals surface area contributed by atoms with Crippen molar-refractivity contribution < 1.29 is 75.2 Å². The van der Waals surface area contributed by atoms with Crippen LogP contribution in [-0.4, -0.2) is 177 Å². The number of ketones is 3. The zero-order valence-electron chi connectivity index (χ0n) is 59.5. The summed E-state index contributed by atoms with van der Waals surface area (Å²) in [6.45, 7) is 18.3. The van der Waals surface area contributed by atoms with Gasteiger partial charge in [0, 0.05) is 83.4 Å². The predicted octanol–water partition coefficient (Wildman–Crippen LogP) is 10.7. The van der Waals surface area contributed by atoms with Crippen LogP contribution in [0.4, 0.5) is 0 Å². The van der Waals surface area contributed by atoms with Gasteiger partial charge < -0.3 is 53.1 Å². The fourth-order valence-corrected chi connectivity index (χ4v) is 15.6. The Bertz CT molecular complexity index is 3800. The Kier molecular flexibility index (Phi) is 28.0. The van der Waals surface area contributed by atoms with Gasteiger partial charge in [-0.3, -0.25) is 26.9 Å². The number of nitrogens with zero attached hydrogens (tertiary/aromatic N) is 9. The third kappa shape index (κ3) is 19.6. The van der Waals surface area contributed by atoms with Crippen molar-refractivity contribution in [1.29, 1.82) is 0 Å². The van der Waals surface area contributed by atoms with Crippen molar-refractivity contribution in [1.82, 2.24) is 44.6 Å². The largest absolute Gasteiger partial charge is 0.460 e. The molecule has 1 amide bonds. The van der Waals surface area contributed by atoms with Crippen molar-refractivity contribution in [2.45, 2.75) is 226 Å². The van der Waals surface area contributed by atoms with Gasteiger partial charge in [0.05, 0.1) is 55.4 Å². The molecular weight excluding hydrogens is 1420 g/mol. The molecule has 1 aliphatic carbocycles. The number of fused-ring (bicyclic) bond motifs is 5. The van der Waals surface area contributed by atoms with Crippen molar-refractivity contribution in [3.8, 4) is 11.3 Å². The molecule has 0 spiro atoms. The molecule has 3 N–H and O–H groups in total.